The van der Waals surface area contributed by atoms with Crippen molar-refractivity contribution < 1.29 is 9.90 Å². The fraction of sp³-hybridized carbons (Fsp3) is 0.786. The van der Waals surface area contributed by atoms with Crippen molar-refractivity contribution >= 4 is 17.7 Å². The molecule has 1 aliphatic carbocycles. The number of carbonyl (C=O) groups excluding carboxylic acids is 1. The van der Waals surface area contributed by atoms with Gasteiger partial charge in [-0.25, -0.2) is 0 Å². The van der Waals surface area contributed by atoms with Crippen LogP contribution in [0.3, 0.4) is 0 Å². The zero-order valence-corrected chi connectivity index (χ0v) is 13.0. The van der Waals surface area contributed by atoms with Crippen LogP contribution in [0, 0.1) is 0 Å². The third-order valence-corrected chi connectivity index (χ3v) is 5.14. The monoisotopic (exact) mass is 310 g/mol. The molecule has 6 nitrogen and oxygen atoms in total. The third kappa shape index (κ3) is 3.58. The SMILES string of the molecule is O=C(CSc1nncn1C1CC1)N1CCCC1CCCO. The minimum Gasteiger partial charge on any atom is -0.396 e. The fourth-order valence-electron chi connectivity index (χ4n) is 2.94. The number of thioether (sulfide) groups is 1. The van der Waals surface area contributed by atoms with Crippen LogP contribution < -0.4 is 0 Å². The van der Waals surface area contributed by atoms with Gasteiger partial charge in [0.1, 0.15) is 6.33 Å². The molecule has 0 bridgehead atoms. The summed E-state index contributed by atoms with van der Waals surface area (Å²) in [7, 11) is 0. The summed E-state index contributed by atoms with van der Waals surface area (Å²) >= 11 is 1.49. The molecule has 0 aromatic carbocycles. The van der Waals surface area contributed by atoms with Crippen LogP contribution in [0.1, 0.15) is 44.6 Å². The smallest absolute Gasteiger partial charge is 0.233 e. The first-order valence-electron chi connectivity index (χ1n) is 7.72. The summed E-state index contributed by atoms with van der Waals surface area (Å²) in [5.41, 5.74) is 0. The molecular formula is C14H22N4O2S. The van der Waals surface area contributed by atoms with Crippen molar-refractivity contribution in [3.05, 3.63) is 6.33 Å². The van der Waals surface area contributed by atoms with E-state index in [4.69, 9.17) is 5.11 Å². The minimum atomic E-state index is 0.186. The average molecular weight is 310 g/mol. The summed E-state index contributed by atoms with van der Waals surface area (Å²) in [6.45, 7) is 1.06. The number of hydrogen-bond acceptors (Lipinski definition) is 5. The highest BCUT2D eigenvalue weighted by Gasteiger charge is 2.29. The van der Waals surface area contributed by atoms with Crippen LogP contribution in [0.5, 0.6) is 0 Å². The summed E-state index contributed by atoms with van der Waals surface area (Å²) in [6.07, 6.45) is 7.97. The summed E-state index contributed by atoms with van der Waals surface area (Å²) in [5.74, 6) is 0.617. The van der Waals surface area contributed by atoms with Gasteiger partial charge in [0.05, 0.1) is 5.75 Å². The second-order valence-corrected chi connectivity index (χ2v) is 6.73. The van der Waals surface area contributed by atoms with Gasteiger partial charge in [0.2, 0.25) is 5.91 Å². The van der Waals surface area contributed by atoms with Gasteiger partial charge in [-0.15, -0.1) is 10.2 Å². The molecule has 1 N–H and O–H groups in total. The van der Waals surface area contributed by atoms with Crippen LogP contribution in [-0.4, -0.2) is 55.6 Å². The normalized spacial score (nSPS) is 22.0. The molecule has 1 saturated heterocycles. The number of carbonyl (C=O) groups is 1. The van der Waals surface area contributed by atoms with Crippen LogP contribution in [0.2, 0.25) is 0 Å². The molecule has 1 unspecified atom stereocenters. The molecule has 0 radical (unpaired) electrons. The van der Waals surface area contributed by atoms with Crippen molar-refractivity contribution in [2.24, 2.45) is 0 Å². The molecule has 1 atom stereocenters. The minimum absolute atomic E-state index is 0.186. The van der Waals surface area contributed by atoms with Crippen molar-refractivity contribution in [1.29, 1.82) is 0 Å². The van der Waals surface area contributed by atoms with E-state index in [1.165, 1.54) is 24.6 Å². The Morgan fingerprint density at radius 3 is 3.05 bits per heavy atom. The van der Waals surface area contributed by atoms with Gasteiger partial charge in [-0.2, -0.15) is 0 Å². The van der Waals surface area contributed by atoms with E-state index in [9.17, 15) is 4.79 Å². The zero-order chi connectivity index (χ0) is 14.7. The molecule has 116 valence electrons. The lowest BCUT2D eigenvalue weighted by Gasteiger charge is -2.24. The van der Waals surface area contributed by atoms with E-state index in [1.807, 2.05) is 4.90 Å². The van der Waals surface area contributed by atoms with Gasteiger partial charge < -0.3 is 14.6 Å². The Hall–Kier alpha value is -1.08. The van der Waals surface area contributed by atoms with Crippen LogP contribution in [0.15, 0.2) is 11.5 Å². The van der Waals surface area contributed by atoms with Crippen LogP contribution in [0.4, 0.5) is 0 Å². The third-order valence-electron chi connectivity index (χ3n) is 4.20. The Balaban J connectivity index is 1.52. The Kier molecular flexibility index (Phi) is 4.80. The van der Waals surface area contributed by atoms with E-state index in [1.54, 1.807) is 6.33 Å². The van der Waals surface area contributed by atoms with Gasteiger partial charge in [-0.1, -0.05) is 11.8 Å². The highest BCUT2D eigenvalue weighted by atomic mass is 32.2. The molecule has 2 heterocycles. The molecule has 0 spiro atoms. The van der Waals surface area contributed by atoms with Crippen LogP contribution in [0.25, 0.3) is 0 Å². The van der Waals surface area contributed by atoms with Crippen LogP contribution >= 0.6 is 11.8 Å². The zero-order valence-electron chi connectivity index (χ0n) is 12.1. The molecule has 2 fully saturated rings. The summed E-state index contributed by atoms with van der Waals surface area (Å²) in [4.78, 5) is 14.4. The Morgan fingerprint density at radius 2 is 2.29 bits per heavy atom. The largest absolute Gasteiger partial charge is 0.396 e. The first kappa shape index (κ1) is 14.8. The standard InChI is InChI=1S/C14H22N4O2S/c19-8-2-4-11-3-1-7-17(11)13(20)9-21-14-16-15-10-18(14)12-5-6-12/h10-12,19H,1-9H2. The number of nitrogens with zero attached hydrogens (tertiary/aromatic N) is 4. The number of rotatable bonds is 7. The predicted octanol–water partition coefficient (Wildman–Crippen LogP) is 1.47. The molecule has 1 aliphatic heterocycles. The van der Waals surface area contributed by atoms with Gasteiger partial charge >= 0.3 is 0 Å². The number of hydrogen-bond donors (Lipinski definition) is 1. The molecule has 1 aromatic rings. The van der Waals surface area contributed by atoms with Crippen molar-refractivity contribution in [1.82, 2.24) is 19.7 Å². The highest BCUT2D eigenvalue weighted by Crippen LogP contribution is 2.37. The van der Waals surface area contributed by atoms with Gasteiger partial charge in [-0.05, 0) is 38.5 Å². The molecule has 1 aromatic heterocycles. The van der Waals surface area contributed by atoms with Gasteiger partial charge in [0, 0.05) is 25.2 Å². The van der Waals surface area contributed by atoms with E-state index in [0.29, 0.717) is 17.8 Å². The lowest BCUT2D eigenvalue weighted by atomic mass is 10.1. The molecule has 2 aliphatic rings. The highest BCUT2D eigenvalue weighted by molar-refractivity contribution is 7.99. The van der Waals surface area contributed by atoms with E-state index in [2.05, 4.69) is 14.8 Å². The maximum atomic E-state index is 12.4. The van der Waals surface area contributed by atoms with Crippen molar-refractivity contribution in [2.45, 2.75) is 55.8 Å². The molecular weight excluding hydrogens is 288 g/mol. The topological polar surface area (TPSA) is 71.2 Å². The fourth-order valence-corrected chi connectivity index (χ4v) is 3.81. The van der Waals surface area contributed by atoms with E-state index in [-0.39, 0.29) is 12.5 Å². The Morgan fingerprint density at radius 1 is 1.43 bits per heavy atom. The number of aliphatic hydroxyl groups excluding tert-OH is 1. The lowest BCUT2D eigenvalue weighted by Crippen LogP contribution is -2.36. The first-order chi connectivity index (χ1) is 10.3. The molecule has 7 heteroatoms. The van der Waals surface area contributed by atoms with Gasteiger partial charge in [0.15, 0.2) is 5.16 Å². The number of likely N-dealkylation sites (tertiary alicyclic amines) is 1. The summed E-state index contributed by atoms with van der Waals surface area (Å²) in [5, 5.41) is 17.9. The molecule has 3 rings (SSSR count). The molecule has 1 saturated carbocycles. The summed E-state index contributed by atoms with van der Waals surface area (Å²) in [6, 6.07) is 0.855. The van der Waals surface area contributed by atoms with Crippen molar-refractivity contribution in [3.8, 4) is 0 Å². The van der Waals surface area contributed by atoms with Gasteiger partial charge in [0.25, 0.3) is 0 Å². The maximum Gasteiger partial charge on any atom is 0.233 e. The quantitative estimate of drug-likeness (QED) is 0.772. The van der Waals surface area contributed by atoms with Gasteiger partial charge in [-0.3, -0.25) is 4.79 Å². The maximum absolute atomic E-state index is 12.4. The summed E-state index contributed by atoms with van der Waals surface area (Å²) < 4.78 is 2.09. The van der Waals surface area contributed by atoms with E-state index < -0.39 is 0 Å². The Labute approximate surface area is 128 Å². The lowest BCUT2D eigenvalue weighted by molar-refractivity contribution is -0.129. The second kappa shape index (κ2) is 6.79. The van der Waals surface area contributed by atoms with Crippen LogP contribution in [-0.2, 0) is 4.79 Å². The van der Waals surface area contributed by atoms with Crippen molar-refractivity contribution in [2.75, 3.05) is 18.9 Å². The predicted molar refractivity (Wildman–Crippen MR) is 80.1 cm³/mol. The Bertz CT molecular complexity index is 489. The molecule has 1 amide bonds. The van der Waals surface area contributed by atoms with E-state index in [0.717, 1.165) is 37.4 Å². The molecule has 21 heavy (non-hydrogen) atoms. The number of aromatic nitrogens is 3. The first-order valence-corrected chi connectivity index (χ1v) is 8.71. The van der Waals surface area contributed by atoms with Crippen molar-refractivity contribution in [3.63, 3.8) is 0 Å². The number of amides is 1. The average Bonchev–Trinajstić information content (AvgIpc) is 3.05. The number of aliphatic hydroxyl groups is 1. The second-order valence-electron chi connectivity index (χ2n) is 5.79. The van der Waals surface area contributed by atoms with E-state index >= 15 is 0 Å².